The molecule has 4 nitrogen and oxygen atoms in total. The maximum absolute atomic E-state index is 13.7. The number of nitrogens with zero attached hydrogens (tertiary/aromatic N) is 3. The number of halogens is 1. The molecule has 0 bridgehead atoms. The molecule has 2 aromatic rings. The fraction of sp³-hybridized carbons (Fsp3) is 0.444. The van der Waals surface area contributed by atoms with Gasteiger partial charge in [0.05, 0.1) is 0 Å². The molecule has 1 aliphatic rings. The van der Waals surface area contributed by atoms with Gasteiger partial charge in [0, 0.05) is 25.5 Å². The Morgan fingerprint density at radius 3 is 2.96 bits per heavy atom. The Labute approximate surface area is 135 Å². The van der Waals surface area contributed by atoms with Crippen molar-refractivity contribution in [2.45, 2.75) is 32.2 Å². The Kier molecular flexibility index (Phi) is 5.05. The molecule has 0 N–H and O–H groups in total. The Morgan fingerprint density at radius 2 is 2.17 bits per heavy atom. The first kappa shape index (κ1) is 15.7. The van der Waals surface area contributed by atoms with Gasteiger partial charge < -0.3 is 4.90 Å². The van der Waals surface area contributed by atoms with Crippen LogP contribution in [0.2, 0.25) is 0 Å². The van der Waals surface area contributed by atoms with E-state index < -0.39 is 0 Å². The lowest BCUT2D eigenvalue weighted by atomic mass is 9.91. The molecule has 1 fully saturated rings. The fourth-order valence-electron chi connectivity index (χ4n) is 3.22. The minimum Gasteiger partial charge on any atom is -0.341 e. The molecule has 5 heteroatoms. The monoisotopic (exact) mass is 315 g/mol. The van der Waals surface area contributed by atoms with E-state index in [0.29, 0.717) is 12.5 Å². The lowest BCUT2D eigenvalue weighted by molar-refractivity contribution is -0.133. The molecule has 0 spiro atoms. The second kappa shape index (κ2) is 7.40. The summed E-state index contributed by atoms with van der Waals surface area (Å²) in [6, 6.07) is 8.77. The number of carbonyl (C=O) groups excluding carboxylic acids is 1. The molecule has 0 aliphatic carbocycles. The Morgan fingerprint density at radius 1 is 1.30 bits per heavy atom. The van der Waals surface area contributed by atoms with Crippen LogP contribution >= 0.6 is 0 Å². The van der Waals surface area contributed by atoms with Crippen molar-refractivity contribution in [2.24, 2.45) is 5.92 Å². The van der Waals surface area contributed by atoms with Gasteiger partial charge in [0.2, 0.25) is 5.91 Å². The number of benzene rings is 1. The average molecular weight is 315 g/mol. The number of likely N-dealkylation sites (tertiary alicyclic amines) is 1. The summed E-state index contributed by atoms with van der Waals surface area (Å²) in [5.74, 6) is 0.434. The molecule has 1 saturated heterocycles. The van der Waals surface area contributed by atoms with Crippen molar-refractivity contribution in [2.75, 3.05) is 13.1 Å². The van der Waals surface area contributed by atoms with E-state index in [9.17, 15) is 9.18 Å². The number of aromatic nitrogens is 2. The quantitative estimate of drug-likeness (QED) is 0.851. The highest BCUT2D eigenvalue weighted by atomic mass is 19.1. The lowest BCUT2D eigenvalue weighted by Gasteiger charge is -2.33. The first-order valence-electron chi connectivity index (χ1n) is 8.21. The van der Waals surface area contributed by atoms with Gasteiger partial charge in [0.1, 0.15) is 12.4 Å². The van der Waals surface area contributed by atoms with E-state index in [4.69, 9.17) is 0 Å². The van der Waals surface area contributed by atoms with E-state index in [0.717, 1.165) is 44.3 Å². The molecule has 1 amide bonds. The molecular weight excluding hydrogens is 293 g/mol. The molecule has 1 atom stereocenters. The third-order valence-electron chi connectivity index (χ3n) is 4.51. The second-order valence-corrected chi connectivity index (χ2v) is 6.18. The van der Waals surface area contributed by atoms with Gasteiger partial charge in [-0.15, -0.1) is 0 Å². The fourth-order valence-corrected chi connectivity index (χ4v) is 3.22. The van der Waals surface area contributed by atoms with Crippen molar-refractivity contribution in [1.29, 1.82) is 0 Å². The summed E-state index contributed by atoms with van der Waals surface area (Å²) in [6.07, 6.45) is 7.27. The van der Waals surface area contributed by atoms with Crippen molar-refractivity contribution < 1.29 is 9.18 Å². The largest absolute Gasteiger partial charge is 0.341 e. The number of piperidine rings is 1. The first-order chi connectivity index (χ1) is 11.2. The average Bonchev–Trinajstić information content (AvgIpc) is 3.07. The van der Waals surface area contributed by atoms with Crippen LogP contribution in [0.25, 0.3) is 0 Å². The SMILES string of the molecule is O=C(Cn1cccn1)N1CCC[C@@H](CCc2ccccc2F)C1. The van der Waals surface area contributed by atoms with E-state index in [1.165, 1.54) is 6.07 Å². The van der Waals surface area contributed by atoms with Crippen LogP contribution < -0.4 is 0 Å². The van der Waals surface area contributed by atoms with E-state index >= 15 is 0 Å². The van der Waals surface area contributed by atoms with E-state index in [2.05, 4.69) is 5.10 Å². The summed E-state index contributed by atoms with van der Waals surface area (Å²) < 4.78 is 15.3. The molecule has 2 heterocycles. The number of carbonyl (C=O) groups is 1. The first-order valence-corrected chi connectivity index (χ1v) is 8.21. The Balaban J connectivity index is 1.52. The second-order valence-electron chi connectivity index (χ2n) is 6.18. The molecule has 0 radical (unpaired) electrons. The summed E-state index contributed by atoms with van der Waals surface area (Å²) in [6.45, 7) is 1.89. The maximum Gasteiger partial charge on any atom is 0.244 e. The van der Waals surface area contributed by atoms with Crippen LogP contribution in [0.1, 0.15) is 24.8 Å². The van der Waals surface area contributed by atoms with E-state index in [-0.39, 0.29) is 11.7 Å². The molecule has 1 aliphatic heterocycles. The van der Waals surface area contributed by atoms with Crippen LogP contribution in [-0.2, 0) is 17.8 Å². The molecule has 0 saturated carbocycles. The van der Waals surface area contributed by atoms with Crippen LogP contribution in [0.3, 0.4) is 0 Å². The van der Waals surface area contributed by atoms with Gasteiger partial charge in [-0.3, -0.25) is 9.48 Å². The van der Waals surface area contributed by atoms with Gasteiger partial charge in [0.25, 0.3) is 0 Å². The Hall–Kier alpha value is -2.17. The molecule has 1 aromatic carbocycles. The molecule has 23 heavy (non-hydrogen) atoms. The van der Waals surface area contributed by atoms with Crippen LogP contribution in [0.5, 0.6) is 0 Å². The lowest BCUT2D eigenvalue weighted by Crippen LogP contribution is -2.41. The molecule has 3 rings (SSSR count). The highest BCUT2D eigenvalue weighted by molar-refractivity contribution is 5.76. The maximum atomic E-state index is 13.7. The van der Waals surface area contributed by atoms with E-state index in [1.54, 1.807) is 23.1 Å². The van der Waals surface area contributed by atoms with Gasteiger partial charge in [-0.05, 0) is 49.3 Å². The summed E-state index contributed by atoms with van der Waals surface area (Å²) >= 11 is 0. The van der Waals surface area contributed by atoms with Crippen molar-refractivity contribution in [3.05, 3.63) is 54.1 Å². The van der Waals surface area contributed by atoms with E-state index in [1.807, 2.05) is 23.1 Å². The highest BCUT2D eigenvalue weighted by Crippen LogP contribution is 2.22. The molecular formula is C18H22FN3O. The zero-order valence-electron chi connectivity index (χ0n) is 13.2. The van der Waals surface area contributed by atoms with Crippen LogP contribution in [0.4, 0.5) is 4.39 Å². The minimum absolute atomic E-state index is 0.115. The normalized spacial score (nSPS) is 18.1. The van der Waals surface area contributed by atoms with Crippen molar-refractivity contribution >= 4 is 5.91 Å². The summed E-state index contributed by atoms with van der Waals surface area (Å²) in [4.78, 5) is 14.3. The number of rotatable bonds is 5. The third-order valence-corrected chi connectivity index (χ3v) is 4.51. The topological polar surface area (TPSA) is 38.1 Å². The Bertz CT molecular complexity index is 641. The predicted octanol–water partition coefficient (Wildman–Crippen LogP) is 2.89. The number of hydrogen-bond acceptors (Lipinski definition) is 2. The van der Waals surface area contributed by atoms with Crippen LogP contribution in [0.15, 0.2) is 42.7 Å². The van der Waals surface area contributed by atoms with Gasteiger partial charge in [0.15, 0.2) is 0 Å². The number of aryl methyl sites for hydroxylation is 1. The summed E-state index contributed by atoms with van der Waals surface area (Å²) in [5, 5.41) is 4.08. The molecule has 1 aromatic heterocycles. The minimum atomic E-state index is -0.130. The predicted molar refractivity (Wildman–Crippen MR) is 86.3 cm³/mol. The van der Waals surface area contributed by atoms with Crippen molar-refractivity contribution in [3.63, 3.8) is 0 Å². The van der Waals surface area contributed by atoms with Crippen LogP contribution in [-0.4, -0.2) is 33.7 Å². The molecule has 0 unspecified atom stereocenters. The smallest absolute Gasteiger partial charge is 0.244 e. The highest BCUT2D eigenvalue weighted by Gasteiger charge is 2.23. The van der Waals surface area contributed by atoms with Gasteiger partial charge in [-0.2, -0.15) is 5.10 Å². The third kappa shape index (κ3) is 4.18. The standard InChI is InChI=1S/C18H22FN3O/c19-17-7-2-1-6-16(17)9-8-15-5-3-11-21(13-15)18(23)14-22-12-4-10-20-22/h1-2,4,6-7,10,12,15H,3,5,8-9,11,13-14H2/t15-/m0/s1. The number of hydrogen-bond donors (Lipinski definition) is 0. The van der Waals surface area contributed by atoms with Gasteiger partial charge in [-0.25, -0.2) is 4.39 Å². The summed E-state index contributed by atoms with van der Waals surface area (Å²) in [5.41, 5.74) is 0.771. The molecule has 122 valence electrons. The van der Waals surface area contributed by atoms with Crippen molar-refractivity contribution in [1.82, 2.24) is 14.7 Å². The van der Waals surface area contributed by atoms with Crippen molar-refractivity contribution in [3.8, 4) is 0 Å². The zero-order valence-corrected chi connectivity index (χ0v) is 13.2. The van der Waals surface area contributed by atoms with Gasteiger partial charge >= 0.3 is 0 Å². The zero-order chi connectivity index (χ0) is 16.1. The summed E-state index contributed by atoms with van der Waals surface area (Å²) in [7, 11) is 0. The van der Waals surface area contributed by atoms with Crippen LogP contribution in [0, 0.1) is 11.7 Å². The van der Waals surface area contributed by atoms with Gasteiger partial charge in [-0.1, -0.05) is 18.2 Å². The number of amides is 1.